The number of nitrogens with one attached hydrogen (secondary N) is 1. The molecule has 2 aromatic rings. The van der Waals surface area contributed by atoms with E-state index in [0.717, 1.165) is 5.56 Å². The van der Waals surface area contributed by atoms with Crippen LogP contribution in [0.2, 0.25) is 0 Å². The van der Waals surface area contributed by atoms with Crippen LogP contribution in [0.4, 0.5) is 5.69 Å². The van der Waals surface area contributed by atoms with Crippen molar-refractivity contribution in [3.05, 3.63) is 53.6 Å². The second-order valence-electron chi connectivity index (χ2n) is 7.22. The summed E-state index contributed by atoms with van der Waals surface area (Å²) in [5.74, 6) is -0.0283. The number of rotatable bonds is 8. The molecule has 1 heterocycles. The summed E-state index contributed by atoms with van der Waals surface area (Å²) in [6, 6.07) is 11.3. The number of Topliss-reactive ketones (excluding diaryl/α,β-unsaturated/α-hetero) is 1. The number of amides is 1. The summed E-state index contributed by atoms with van der Waals surface area (Å²) >= 11 is 0. The van der Waals surface area contributed by atoms with E-state index in [4.69, 9.17) is 9.47 Å². The fraction of sp³-hybridized carbons (Fsp3) is 0.364. The number of ether oxygens (including phenoxy) is 2. The van der Waals surface area contributed by atoms with Crippen LogP contribution in [-0.2, 0) is 19.6 Å². The summed E-state index contributed by atoms with van der Waals surface area (Å²) in [5, 5.41) is 2.70. The van der Waals surface area contributed by atoms with Crippen molar-refractivity contribution in [1.82, 2.24) is 4.31 Å². The lowest BCUT2D eigenvalue weighted by Gasteiger charge is -2.26. The van der Waals surface area contributed by atoms with Crippen molar-refractivity contribution in [2.24, 2.45) is 0 Å². The number of nitrogens with zero attached hydrogens (tertiary/aromatic N) is 1. The first-order chi connectivity index (χ1) is 14.8. The molecule has 1 saturated heterocycles. The van der Waals surface area contributed by atoms with Gasteiger partial charge in [-0.3, -0.25) is 9.59 Å². The van der Waals surface area contributed by atoms with Crippen molar-refractivity contribution in [2.75, 3.05) is 38.7 Å². The molecule has 0 atom stereocenters. The van der Waals surface area contributed by atoms with E-state index in [9.17, 15) is 18.0 Å². The summed E-state index contributed by atoms with van der Waals surface area (Å²) in [5.41, 5.74) is 1.85. The Kier molecular flexibility index (Phi) is 7.42. The first kappa shape index (κ1) is 22.9. The van der Waals surface area contributed by atoms with Gasteiger partial charge in [-0.25, -0.2) is 8.42 Å². The summed E-state index contributed by atoms with van der Waals surface area (Å²) in [4.78, 5) is 24.9. The number of carbonyl (C=O) groups is 2. The molecule has 1 fully saturated rings. The predicted molar refractivity (Wildman–Crippen MR) is 116 cm³/mol. The molecule has 0 aliphatic carbocycles. The minimum atomic E-state index is -3.59. The Balaban J connectivity index is 1.57. The summed E-state index contributed by atoms with van der Waals surface area (Å²) in [7, 11) is -2.09. The average Bonchev–Trinajstić information content (AvgIpc) is 2.78. The Morgan fingerprint density at radius 1 is 1.06 bits per heavy atom. The zero-order valence-electron chi connectivity index (χ0n) is 17.6. The molecule has 1 N–H and O–H groups in total. The maximum atomic E-state index is 12.6. The van der Waals surface area contributed by atoms with Gasteiger partial charge in [-0.15, -0.1) is 0 Å². The lowest BCUT2D eigenvalue weighted by atomic mass is 10.0. The molecule has 0 aromatic heterocycles. The molecule has 0 bridgehead atoms. The molecule has 3 rings (SSSR count). The van der Waals surface area contributed by atoms with Crippen LogP contribution >= 0.6 is 0 Å². The molecule has 9 heteroatoms. The van der Waals surface area contributed by atoms with E-state index in [0.29, 0.717) is 43.3 Å². The van der Waals surface area contributed by atoms with E-state index in [2.05, 4.69) is 5.32 Å². The Bertz CT molecular complexity index is 1040. The van der Waals surface area contributed by atoms with Crippen LogP contribution in [0.25, 0.3) is 0 Å². The van der Waals surface area contributed by atoms with Crippen LogP contribution in [0.5, 0.6) is 5.75 Å². The van der Waals surface area contributed by atoms with Crippen LogP contribution < -0.4 is 10.1 Å². The fourth-order valence-corrected chi connectivity index (χ4v) is 4.68. The standard InChI is InChI=1S/C22H26N2O6S/c1-16-3-9-21(29-2)19(15-16)20(25)8-10-22(26)23-17-4-6-18(7-5-17)31(27,28)24-11-13-30-14-12-24/h3-7,9,15H,8,10-14H2,1-2H3,(H,23,26). The van der Waals surface area contributed by atoms with Gasteiger partial charge in [-0.2, -0.15) is 4.31 Å². The molecule has 31 heavy (non-hydrogen) atoms. The van der Waals surface area contributed by atoms with Crippen LogP contribution in [0, 0.1) is 6.92 Å². The zero-order chi connectivity index (χ0) is 22.4. The molecule has 166 valence electrons. The quantitative estimate of drug-likeness (QED) is 0.626. The first-order valence-corrected chi connectivity index (χ1v) is 11.4. The minimum Gasteiger partial charge on any atom is -0.496 e. The van der Waals surface area contributed by atoms with E-state index in [1.807, 2.05) is 13.0 Å². The molecule has 8 nitrogen and oxygen atoms in total. The molecule has 1 amide bonds. The van der Waals surface area contributed by atoms with Gasteiger partial charge in [0.2, 0.25) is 15.9 Å². The van der Waals surface area contributed by atoms with Gasteiger partial charge in [-0.05, 0) is 43.3 Å². The topological polar surface area (TPSA) is 102 Å². The number of anilines is 1. The van der Waals surface area contributed by atoms with Gasteiger partial charge in [0, 0.05) is 31.6 Å². The largest absolute Gasteiger partial charge is 0.496 e. The van der Waals surface area contributed by atoms with Crippen LogP contribution in [0.15, 0.2) is 47.4 Å². The highest BCUT2D eigenvalue weighted by atomic mass is 32.2. The van der Waals surface area contributed by atoms with Gasteiger partial charge >= 0.3 is 0 Å². The van der Waals surface area contributed by atoms with Crippen LogP contribution in [-0.4, -0.2) is 57.8 Å². The third-order valence-corrected chi connectivity index (χ3v) is 6.89. The molecular formula is C22H26N2O6S. The lowest BCUT2D eigenvalue weighted by Crippen LogP contribution is -2.40. The average molecular weight is 447 g/mol. The molecule has 0 saturated carbocycles. The number of hydrogen-bond acceptors (Lipinski definition) is 6. The SMILES string of the molecule is COc1ccc(C)cc1C(=O)CCC(=O)Nc1ccc(S(=O)(=O)N2CCOCC2)cc1. The number of hydrogen-bond donors (Lipinski definition) is 1. The molecule has 1 aliphatic heterocycles. The van der Waals surface area contributed by atoms with Gasteiger partial charge in [0.1, 0.15) is 5.75 Å². The summed E-state index contributed by atoms with van der Waals surface area (Å²) < 4.78 is 37.1. The Hall–Kier alpha value is -2.75. The molecule has 0 radical (unpaired) electrons. The van der Waals surface area contributed by atoms with Crippen molar-refractivity contribution in [3.63, 3.8) is 0 Å². The second kappa shape index (κ2) is 10.0. The van der Waals surface area contributed by atoms with Crippen molar-refractivity contribution < 1.29 is 27.5 Å². The molecule has 0 spiro atoms. The number of morpholine rings is 1. The number of carbonyl (C=O) groups excluding carboxylic acids is 2. The van der Waals surface area contributed by atoms with Crippen molar-refractivity contribution in [1.29, 1.82) is 0 Å². The van der Waals surface area contributed by atoms with Gasteiger partial charge < -0.3 is 14.8 Å². The van der Waals surface area contributed by atoms with Crippen molar-refractivity contribution in [2.45, 2.75) is 24.7 Å². The number of benzene rings is 2. The highest BCUT2D eigenvalue weighted by molar-refractivity contribution is 7.89. The highest BCUT2D eigenvalue weighted by Crippen LogP contribution is 2.22. The van der Waals surface area contributed by atoms with E-state index < -0.39 is 10.0 Å². The number of methoxy groups -OCH3 is 1. The summed E-state index contributed by atoms with van der Waals surface area (Å²) in [6.45, 7) is 3.27. The van der Waals surface area contributed by atoms with Gasteiger partial charge in [0.25, 0.3) is 0 Å². The fourth-order valence-electron chi connectivity index (χ4n) is 3.27. The number of ketones is 1. The summed E-state index contributed by atoms with van der Waals surface area (Å²) in [6.07, 6.45) is 0.0406. The maximum absolute atomic E-state index is 12.6. The smallest absolute Gasteiger partial charge is 0.243 e. The second-order valence-corrected chi connectivity index (χ2v) is 9.15. The normalized spacial score (nSPS) is 14.8. The highest BCUT2D eigenvalue weighted by Gasteiger charge is 2.26. The molecule has 0 unspecified atom stereocenters. The first-order valence-electron chi connectivity index (χ1n) is 9.97. The van der Waals surface area contributed by atoms with E-state index in [-0.39, 0.29) is 29.4 Å². The van der Waals surface area contributed by atoms with Crippen LogP contribution in [0.1, 0.15) is 28.8 Å². The maximum Gasteiger partial charge on any atom is 0.243 e. The molecule has 2 aromatic carbocycles. The zero-order valence-corrected chi connectivity index (χ0v) is 18.4. The minimum absolute atomic E-state index is 0.00373. The molecule has 1 aliphatic rings. The number of sulfonamides is 1. The van der Waals surface area contributed by atoms with Crippen molar-refractivity contribution in [3.8, 4) is 5.75 Å². The lowest BCUT2D eigenvalue weighted by molar-refractivity contribution is -0.116. The number of aryl methyl sites for hydroxylation is 1. The monoisotopic (exact) mass is 446 g/mol. The molecular weight excluding hydrogens is 420 g/mol. The van der Waals surface area contributed by atoms with E-state index in [1.165, 1.54) is 35.7 Å². The third kappa shape index (κ3) is 5.69. The van der Waals surface area contributed by atoms with E-state index in [1.54, 1.807) is 12.1 Å². The van der Waals surface area contributed by atoms with Gasteiger partial charge in [0.15, 0.2) is 5.78 Å². The Morgan fingerprint density at radius 3 is 2.39 bits per heavy atom. The van der Waals surface area contributed by atoms with Gasteiger partial charge in [-0.1, -0.05) is 11.6 Å². The van der Waals surface area contributed by atoms with Crippen molar-refractivity contribution >= 4 is 27.4 Å². The predicted octanol–water partition coefficient (Wildman–Crippen LogP) is 2.63. The third-order valence-electron chi connectivity index (χ3n) is 4.98. The Labute approximate surface area is 182 Å². The van der Waals surface area contributed by atoms with Gasteiger partial charge in [0.05, 0.1) is 30.8 Å². The Morgan fingerprint density at radius 2 is 1.74 bits per heavy atom. The van der Waals surface area contributed by atoms with Crippen LogP contribution in [0.3, 0.4) is 0 Å². The van der Waals surface area contributed by atoms with E-state index >= 15 is 0 Å².